The largest absolute Gasteiger partial charge is 0.462 e. The standard InChI is InChI=1S/C14H13FN4O2/c15-13-5-10(1-4-14(13)19-9-16-8-18-19)17-6-11-2-3-12(7-20)21-11/h1-5,8-9,17,20H,6-7H2. The predicted octanol–water partition coefficient (Wildman–Crippen LogP) is 2.10. The zero-order valence-corrected chi connectivity index (χ0v) is 11.0. The maximum atomic E-state index is 14.0. The van der Waals surface area contributed by atoms with Gasteiger partial charge in [0.1, 0.15) is 36.5 Å². The van der Waals surface area contributed by atoms with E-state index in [0.717, 1.165) is 0 Å². The minimum atomic E-state index is -0.402. The molecule has 0 saturated carbocycles. The van der Waals surface area contributed by atoms with Crippen molar-refractivity contribution >= 4 is 5.69 Å². The molecule has 7 heteroatoms. The lowest BCUT2D eigenvalue weighted by Crippen LogP contribution is -2.02. The lowest BCUT2D eigenvalue weighted by Gasteiger charge is -2.07. The van der Waals surface area contributed by atoms with Crippen LogP contribution < -0.4 is 5.32 Å². The van der Waals surface area contributed by atoms with E-state index in [1.807, 2.05) is 0 Å². The molecule has 0 spiro atoms. The fourth-order valence-corrected chi connectivity index (χ4v) is 1.93. The van der Waals surface area contributed by atoms with Gasteiger partial charge in [-0.3, -0.25) is 0 Å². The van der Waals surface area contributed by atoms with Gasteiger partial charge in [-0.1, -0.05) is 0 Å². The molecule has 0 aliphatic rings. The number of halogens is 1. The first-order valence-corrected chi connectivity index (χ1v) is 6.33. The van der Waals surface area contributed by atoms with Crippen molar-refractivity contribution in [2.75, 3.05) is 5.32 Å². The maximum Gasteiger partial charge on any atom is 0.150 e. The number of benzene rings is 1. The van der Waals surface area contributed by atoms with Gasteiger partial charge in [-0.25, -0.2) is 14.1 Å². The molecule has 0 radical (unpaired) electrons. The van der Waals surface area contributed by atoms with Crippen molar-refractivity contribution < 1.29 is 13.9 Å². The summed E-state index contributed by atoms with van der Waals surface area (Å²) in [7, 11) is 0. The summed E-state index contributed by atoms with van der Waals surface area (Å²) in [6, 6.07) is 8.21. The Kier molecular flexibility index (Phi) is 3.65. The molecule has 3 rings (SSSR count). The van der Waals surface area contributed by atoms with Crippen LogP contribution in [0.2, 0.25) is 0 Å². The van der Waals surface area contributed by atoms with E-state index in [4.69, 9.17) is 9.52 Å². The van der Waals surface area contributed by atoms with E-state index in [1.165, 1.54) is 23.4 Å². The number of hydrogen-bond donors (Lipinski definition) is 2. The van der Waals surface area contributed by atoms with Gasteiger partial charge in [0.2, 0.25) is 0 Å². The molecule has 0 aliphatic carbocycles. The highest BCUT2D eigenvalue weighted by molar-refractivity contribution is 5.49. The monoisotopic (exact) mass is 288 g/mol. The van der Waals surface area contributed by atoms with Crippen molar-refractivity contribution in [2.45, 2.75) is 13.2 Å². The van der Waals surface area contributed by atoms with Gasteiger partial charge in [0, 0.05) is 5.69 Å². The molecule has 0 unspecified atom stereocenters. The molecule has 0 atom stereocenters. The molecule has 2 N–H and O–H groups in total. The lowest BCUT2D eigenvalue weighted by atomic mass is 10.2. The zero-order valence-electron chi connectivity index (χ0n) is 11.0. The highest BCUT2D eigenvalue weighted by Gasteiger charge is 2.07. The van der Waals surface area contributed by atoms with Crippen LogP contribution >= 0.6 is 0 Å². The molecule has 108 valence electrons. The van der Waals surface area contributed by atoms with Gasteiger partial charge in [-0.05, 0) is 30.3 Å². The third kappa shape index (κ3) is 2.92. The summed E-state index contributed by atoms with van der Waals surface area (Å²) in [4.78, 5) is 3.79. The number of nitrogens with one attached hydrogen (secondary N) is 1. The molecule has 2 aromatic heterocycles. The number of aliphatic hydroxyl groups excluding tert-OH is 1. The van der Waals surface area contributed by atoms with Crippen molar-refractivity contribution in [2.24, 2.45) is 0 Å². The molecular weight excluding hydrogens is 275 g/mol. The van der Waals surface area contributed by atoms with E-state index in [-0.39, 0.29) is 6.61 Å². The Morgan fingerprint density at radius 3 is 2.76 bits per heavy atom. The summed E-state index contributed by atoms with van der Waals surface area (Å²) >= 11 is 0. The molecule has 3 aromatic rings. The summed E-state index contributed by atoms with van der Waals surface area (Å²) in [5.74, 6) is 0.764. The van der Waals surface area contributed by atoms with Gasteiger partial charge in [-0.15, -0.1) is 0 Å². The first-order valence-electron chi connectivity index (χ1n) is 6.33. The van der Waals surface area contributed by atoms with Crippen LogP contribution in [0.25, 0.3) is 5.69 Å². The molecule has 2 heterocycles. The number of anilines is 1. The SMILES string of the molecule is OCc1ccc(CNc2ccc(-n3cncn3)c(F)c2)o1. The third-order valence-electron chi connectivity index (χ3n) is 2.95. The summed E-state index contributed by atoms with van der Waals surface area (Å²) in [5, 5.41) is 15.9. The average molecular weight is 288 g/mol. The van der Waals surface area contributed by atoms with E-state index in [2.05, 4.69) is 15.4 Å². The summed E-state index contributed by atoms with van der Waals surface area (Å²) in [5.41, 5.74) is 0.955. The minimum absolute atomic E-state index is 0.138. The highest BCUT2D eigenvalue weighted by Crippen LogP contribution is 2.18. The van der Waals surface area contributed by atoms with Crippen LogP contribution in [-0.2, 0) is 13.2 Å². The first kappa shape index (κ1) is 13.3. The molecular formula is C14H13FN4O2. The molecule has 0 fully saturated rings. The Labute approximate surface area is 119 Å². The second kappa shape index (κ2) is 5.76. The van der Waals surface area contributed by atoms with Crippen molar-refractivity contribution in [3.63, 3.8) is 0 Å². The quantitative estimate of drug-likeness (QED) is 0.752. The Hall–Kier alpha value is -2.67. The average Bonchev–Trinajstić information content (AvgIpc) is 3.16. The Morgan fingerprint density at radius 2 is 2.10 bits per heavy atom. The van der Waals surface area contributed by atoms with Crippen molar-refractivity contribution in [3.8, 4) is 5.69 Å². The molecule has 6 nitrogen and oxygen atoms in total. The molecule has 21 heavy (non-hydrogen) atoms. The van der Waals surface area contributed by atoms with Gasteiger partial charge >= 0.3 is 0 Å². The summed E-state index contributed by atoms with van der Waals surface area (Å²) in [6.45, 7) is 0.267. The van der Waals surface area contributed by atoms with E-state index >= 15 is 0 Å². The first-order chi connectivity index (χ1) is 10.3. The van der Waals surface area contributed by atoms with Gasteiger partial charge in [0.05, 0.1) is 6.54 Å². The van der Waals surface area contributed by atoms with Crippen molar-refractivity contribution in [1.82, 2.24) is 14.8 Å². The maximum absolute atomic E-state index is 14.0. The van der Waals surface area contributed by atoms with E-state index in [9.17, 15) is 4.39 Å². The fraction of sp³-hybridized carbons (Fsp3) is 0.143. The van der Waals surface area contributed by atoms with Crippen LogP contribution in [0.1, 0.15) is 11.5 Å². The van der Waals surface area contributed by atoms with Crippen LogP contribution in [0.3, 0.4) is 0 Å². The van der Waals surface area contributed by atoms with Crippen LogP contribution in [0.4, 0.5) is 10.1 Å². The minimum Gasteiger partial charge on any atom is -0.462 e. The number of hydrogen-bond acceptors (Lipinski definition) is 5. The van der Waals surface area contributed by atoms with Crippen LogP contribution in [-0.4, -0.2) is 19.9 Å². The van der Waals surface area contributed by atoms with E-state index in [0.29, 0.717) is 29.4 Å². The van der Waals surface area contributed by atoms with Gasteiger partial charge in [0.25, 0.3) is 0 Å². The number of rotatable bonds is 5. The zero-order chi connectivity index (χ0) is 14.7. The smallest absolute Gasteiger partial charge is 0.150 e. The van der Waals surface area contributed by atoms with E-state index in [1.54, 1.807) is 24.3 Å². The summed E-state index contributed by atoms with van der Waals surface area (Å²) in [6.07, 6.45) is 2.78. The molecule has 0 saturated heterocycles. The fourth-order valence-electron chi connectivity index (χ4n) is 1.93. The second-order valence-electron chi connectivity index (χ2n) is 4.39. The number of nitrogens with zero attached hydrogens (tertiary/aromatic N) is 3. The molecule has 1 aromatic carbocycles. The Morgan fingerprint density at radius 1 is 1.24 bits per heavy atom. The number of furan rings is 1. The van der Waals surface area contributed by atoms with Gasteiger partial charge in [-0.2, -0.15) is 5.10 Å². The molecule has 0 amide bonds. The highest BCUT2D eigenvalue weighted by atomic mass is 19.1. The van der Waals surface area contributed by atoms with E-state index < -0.39 is 5.82 Å². The van der Waals surface area contributed by atoms with Crippen molar-refractivity contribution in [1.29, 1.82) is 0 Å². The van der Waals surface area contributed by atoms with Crippen LogP contribution in [0.15, 0.2) is 47.4 Å². The van der Waals surface area contributed by atoms with Crippen molar-refractivity contribution in [3.05, 3.63) is 60.3 Å². The Bertz CT molecular complexity index is 724. The summed E-state index contributed by atoms with van der Waals surface area (Å²) < 4.78 is 20.7. The second-order valence-corrected chi connectivity index (χ2v) is 4.39. The third-order valence-corrected chi connectivity index (χ3v) is 2.95. The van der Waals surface area contributed by atoms with Crippen LogP contribution in [0, 0.1) is 5.82 Å². The Balaban J connectivity index is 1.70. The van der Waals surface area contributed by atoms with Gasteiger partial charge in [0.15, 0.2) is 5.82 Å². The topological polar surface area (TPSA) is 76.1 Å². The normalized spacial score (nSPS) is 10.8. The predicted molar refractivity (Wildman–Crippen MR) is 73.3 cm³/mol. The molecule has 0 bridgehead atoms. The van der Waals surface area contributed by atoms with Gasteiger partial charge < -0.3 is 14.8 Å². The van der Waals surface area contributed by atoms with Crippen LogP contribution in [0.5, 0.6) is 0 Å². The molecule has 0 aliphatic heterocycles. The number of aliphatic hydroxyl groups is 1. The number of aromatic nitrogens is 3. The lowest BCUT2D eigenvalue weighted by molar-refractivity contribution is 0.244.